The molecule has 1 aromatic rings. The lowest BCUT2D eigenvalue weighted by Gasteiger charge is -2.23. The Morgan fingerprint density at radius 1 is 1.58 bits per heavy atom. The number of nitro groups is 1. The number of halogens is 1. The number of amides is 2. The molecule has 1 fully saturated rings. The van der Waals surface area contributed by atoms with Crippen LogP contribution in [0.2, 0.25) is 0 Å². The normalized spacial score (nSPS) is 18.5. The van der Waals surface area contributed by atoms with E-state index >= 15 is 0 Å². The summed E-state index contributed by atoms with van der Waals surface area (Å²) < 4.78 is 18.7. The summed E-state index contributed by atoms with van der Waals surface area (Å²) in [6.07, 6.45) is 0.0104. The van der Waals surface area contributed by atoms with Crippen molar-refractivity contribution in [2.24, 2.45) is 5.92 Å². The summed E-state index contributed by atoms with van der Waals surface area (Å²) in [7, 11) is 1.52. The van der Waals surface area contributed by atoms with Crippen molar-refractivity contribution in [3.05, 3.63) is 34.1 Å². The number of ether oxygens (including phenoxy) is 1. The van der Waals surface area contributed by atoms with Gasteiger partial charge in [0.25, 0.3) is 5.69 Å². The van der Waals surface area contributed by atoms with Gasteiger partial charge in [0.1, 0.15) is 5.82 Å². The summed E-state index contributed by atoms with van der Waals surface area (Å²) >= 11 is 0. The summed E-state index contributed by atoms with van der Waals surface area (Å²) in [5.41, 5.74) is -0.602. The summed E-state index contributed by atoms with van der Waals surface area (Å²) in [5, 5.41) is 13.1. The third kappa shape index (κ3) is 3.85. The van der Waals surface area contributed by atoms with Gasteiger partial charge in [-0.05, 0) is 13.0 Å². The van der Waals surface area contributed by atoms with Crippen LogP contribution in [0.5, 0.6) is 0 Å². The van der Waals surface area contributed by atoms with Crippen molar-refractivity contribution < 1.29 is 23.6 Å². The molecule has 0 unspecified atom stereocenters. The lowest BCUT2D eigenvalue weighted by atomic mass is 10.1. The summed E-state index contributed by atoms with van der Waals surface area (Å²) in [5.74, 6) is -2.15. The second-order valence-electron chi connectivity index (χ2n) is 5.66. The van der Waals surface area contributed by atoms with Gasteiger partial charge in [-0.1, -0.05) is 0 Å². The maximum atomic E-state index is 13.7. The van der Waals surface area contributed by atoms with Gasteiger partial charge in [0.15, 0.2) is 0 Å². The van der Waals surface area contributed by atoms with E-state index in [1.807, 2.05) is 6.92 Å². The van der Waals surface area contributed by atoms with Crippen molar-refractivity contribution in [2.75, 3.05) is 25.6 Å². The SMILES string of the molecule is COC[C@@H](C)N1C[C@H](C(=O)Nc2cc([N+](=O)[O-])ccc2F)CC1=O. The molecule has 1 aliphatic rings. The van der Waals surface area contributed by atoms with E-state index in [0.717, 1.165) is 18.2 Å². The minimum absolute atomic E-state index is 0.0104. The van der Waals surface area contributed by atoms with Gasteiger partial charge in [0, 0.05) is 32.2 Å². The molecule has 1 heterocycles. The first-order valence-corrected chi connectivity index (χ1v) is 7.36. The Bertz CT molecular complexity index is 667. The van der Waals surface area contributed by atoms with Crippen molar-refractivity contribution in [1.82, 2.24) is 4.90 Å². The minimum Gasteiger partial charge on any atom is -0.383 e. The highest BCUT2D eigenvalue weighted by molar-refractivity contribution is 5.97. The molecule has 1 aliphatic heterocycles. The van der Waals surface area contributed by atoms with Crippen LogP contribution in [-0.4, -0.2) is 47.9 Å². The first kappa shape index (κ1) is 17.8. The largest absolute Gasteiger partial charge is 0.383 e. The Kier molecular flexibility index (Phi) is 5.45. The molecule has 9 heteroatoms. The lowest BCUT2D eigenvalue weighted by molar-refractivity contribution is -0.384. The van der Waals surface area contributed by atoms with Crippen LogP contribution in [0, 0.1) is 21.8 Å². The van der Waals surface area contributed by atoms with Gasteiger partial charge in [0.05, 0.1) is 29.2 Å². The van der Waals surface area contributed by atoms with Gasteiger partial charge in [-0.25, -0.2) is 4.39 Å². The number of nitrogens with one attached hydrogen (secondary N) is 1. The standard InChI is InChI=1S/C15H18FN3O5/c1-9(8-24-2)18-7-10(5-14(18)20)15(21)17-13-6-11(19(22)23)3-4-12(13)16/h3-4,6,9-10H,5,7-8H2,1-2H3,(H,17,21)/t9-,10-/m1/s1. The number of benzene rings is 1. The topological polar surface area (TPSA) is 102 Å². The van der Waals surface area contributed by atoms with E-state index in [4.69, 9.17) is 4.74 Å². The number of hydrogen-bond donors (Lipinski definition) is 1. The number of anilines is 1. The van der Waals surface area contributed by atoms with E-state index in [2.05, 4.69) is 5.32 Å². The Hall–Kier alpha value is -2.55. The average Bonchev–Trinajstić information content (AvgIpc) is 2.91. The Balaban J connectivity index is 2.07. The number of non-ortho nitro benzene ring substituents is 1. The van der Waals surface area contributed by atoms with E-state index in [0.29, 0.717) is 6.61 Å². The van der Waals surface area contributed by atoms with E-state index in [9.17, 15) is 24.1 Å². The van der Waals surface area contributed by atoms with Crippen molar-refractivity contribution in [2.45, 2.75) is 19.4 Å². The predicted octanol–water partition coefficient (Wildman–Crippen LogP) is 1.56. The van der Waals surface area contributed by atoms with Crippen LogP contribution in [0.25, 0.3) is 0 Å². The monoisotopic (exact) mass is 339 g/mol. The fourth-order valence-electron chi connectivity index (χ4n) is 2.62. The molecule has 0 bridgehead atoms. The molecule has 0 saturated carbocycles. The molecule has 0 spiro atoms. The van der Waals surface area contributed by atoms with Gasteiger partial charge in [-0.2, -0.15) is 0 Å². The van der Waals surface area contributed by atoms with Gasteiger partial charge >= 0.3 is 0 Å². The highest BCUT2D eigenvalue weighted by atomic mass is 19.1. The molecule has 2 atom stereocenters. The zero-order valence-electron chi connectivity index (χ0n) is 13.3. The van der Waals surface area contributed by atoms with Crippen LogP contribution in [0.3, 0.4) is 0 Å². The highest BCUT2D eigenvalue weighted by Gasteiger charge is 2.36. The molecule has 1 saturated heterocycles. The molecule has 2 rings (SSSR count). The maximum Gasteiger partial charge on any atom is 0.271 e. The zero-order valence-corrected chi connectivity index (χ0v) is 13.3. The number of likely N-dealkylation sites (tertiary alicyclic amines) is 1. The van der Waals surface area contributed by atoms with Gasteiger partial charge in [0.2, 0.25) is 11.8 Å². The second-order valence-corrected chi connectivity index (χ2v) is 5.66. The van der Waals surface area contributed by atoms with E-state index < -0.39 is 22.6 Å². The number of nitrogens with zero attached hydrogens (tertiary/aromatic N) is 2. The number of methoxy groups -OCH3 is 1. The number of carbonyl (C=O) groups is 2. The van der Waals surface area contributed by atoms with Crippen LogP contribution in [0.1, 0.15) is 13.3 Å². The fraction of sp³-hybridized carbons (Fsp3) is 0.467. The Morgan fingerprint density at radius 2 is 2.29 bits per heavy atom. The minimum atomic E-state index is -0.775. The predicted molar refractivity (Wildman–Crippen MR) is 82.8 cm³/mol. The number of carbonyl (C=O) groups excluding carboxylic acids is 2. The zero-order chi connectivity index (χ0) is 17.9. The van der Waals surface area contributed by atoms with Crippen LogP contribution < -0.4 is 5.32 Å². The van der Waals surface area contributed by atoms with Crippen LogP contribution in [-0.2, 0) is 14.3 Å². The van der Waals surface area contributed by atoms with E-state index in [1.54, 1.807) is 0 Å². The van der Waals surface area contributed by atoms with Crippen LogP contribution in [0.4, 0.5) is 15.8 Å². The molecule has 2 amide bonds. The Morgan fingerprint density at radius 3 is 2.92 bits per heavy atom. The number of rotatable bonds is 6. The fourth-order valence-corrected chi connectivity index (χ4v) is 2.62. The van der Waals surface area contributed by atoms with Crippen molar-refractivity contribution in [3.8, 4) is 0 Å². The molecule has 0 aliphatic carbocycles. The van der Waals surface area contributed by atoms with Crippen molar-refractivity contribution in [1.29, 1.82) is 0 Å². The maximum absolute atomic E-state index is 13.7. The summed E-state index contributed by atoms with van der Waals surface area (Å²) in [6.45, 7) is 2.35. The molecular formula is C15H18FN3O5. The third-order valence-electron chi connectivity index (χ3n) is 3.89. The molecule has 1 N–H and O–H groups in total. The van der Waals surface area contributed by atoms with E-state index in [-0.39, 0.29) is 36.3 Å². The number of hydrogen-bond acceptors (Lipinski definition) is 5. The van der Waals surface area contributed by atoms with Gasteiger partial charge in [-0.15, -0.1) is 0 Å². The first-order chi connectivity index (χ1) is 11.3. The smallest absolute Gasteiger partial charge is 0.271 e. The number of nitro benzene ring substituents is 1. The van der Waals surface area contributed by atoms with E-state index in [1.165, 1.54) is 12.0 Å². The van der Waals surface area contributed by atoms with Gasteiger partial charge < -0.3 is 15.0 Å². The molecule has 8 nitrogen and oxygen atoms in total. The van der Waals surface area contributed by atoms with Gasteiger partial charge in [-0.3, -0.25) is 19.7 Å². The van der Waals surface area contributed by atoms with Crippen LogP contribution in [0.15, 0.2) is 18.2 Å². The highest BCUT2D eigenvalue weighted by Crippen LogP contribution is 2.25. The Labute approximate surface area is 137 Å². The molecule has 130 valence electrons. The quantitative estimate of drug-likeness (QED) is 0.626. The third-order valence-corrected chi connectivity index (χ3v) is 3.89. The summed E-state index contributed by atoms with van der Waals surface area (Å²) in [6, 6.07) is 2.71. The van der Waals surface area contributed by atoms with Crippen molar-refractivity contribution >= 4 is 23.2 Å². The lowest BCUT2D eigenvalue weighted by Crippen LogP contribution is -2.38. The summed E-state index contributed by atoms with van der Waals surface area (Å²) in [4.78, 5) is 35.9. The molecule has 1 aromatic carbocycles. The van der Waals surface area contributed by atoms with Crippen molar-refractivity contribution in [3.63, 3.8) is 0 Å². The molecule has 0 aromatic heterocycles. The first-order valence-electron chi connectivity index (χ1n) is 7.36. The van der Waals surface area contributed by atoms with Crippen LogP contribution >= 0.6 is 0 Å². The molecule has 0 radical (unpaired) electrons. The molecular weight excluding hydrogens is 321 g/mol. The second kappa shape index (κ2) is 7.35. The molecule has 24 heavy (non-hydrogen) atoms. The average molecular weight is 339 g/mol.